The van der Waals surface area contributed by atoms with Crippen LogP contribution in [0.25, 0.3) is 0 Å². The van der Waals surface area contributed by atoms with E-state index in [-0.39, 0.29) is 11.5 Å². The van der Waals surface area contributed by atoms with Gasteiger partial charge >= 0.3 is 0 Å². The smallest absolute Gasteiger partial charge is 0.152 e. The van der Waals surface area contributed by atoms with Crippen LogP contribution in [0.2, 0.25) is 0 Å². The zero-order valence-corrected chi connectivity index (χ0v) is 19.3. The van der Waals surface area contributed by atoms with Gasteiger partial charge in [-0.2, -0.15) is 5.11 Å². The molecule has 0 atom stereocenters. The van der Waals surface area contributed by atoms with Crippen molar-refractivity contribution in [3.63, 3.8) is 0 Å². The molecule has 0 aromatic rings. The highest BCUT2D eigenvalue weighted by molar-refractivity contribution is 7.91. The predicted octanol–water partition coefficient (Wildman–Crippen LogP) is 0.570. The minimum Gasteiger partial charge on any atom is -0.387 e. The van der Waals surface area contributed by atoms with Crippen LogP contribution in [0.15, 0.2) is 17.0 Å². The molecular formula is C19H39N5O5S. The summed E-state index contributed by atoms with van der Waals surface area (Å²) in [4.78, 5) is 4.24. The Hall–Kier alpha value is -1.11. The largest absolute Gasteiger partial charge is 0.387 e. The van der Waals surface area contributed by atoms with E-state index in [0.29, 0.717) is 64.9 Å². The molecule has 0 aliphatic carbocycles. The normalized spacial score (nSPS) is 17.4. The lowest BCUT2D eigenvalue weighted by Gasteiger charge is -2.26. The molecule has 30 heavy (non-hydrogen) atoms. The molecule has 1 heterocycles. The second-order valence-electron chi connectivity index (χ2n) is 7.27. The van der Waals surface area contributed by atoms with Crippen LogP contribution in [-0.4, -0.2) is 116 Å². The third kappa shape index (κ3) is 14.0. The Morgan fingerprint density at radius 3 is 2.27 bits per heavy atom. The maximum atomic E-state index is 11.4. The summed E-state index contributed by atoms with van der Waals surface area (Å²) in [7, 11) is -0.799. The minimum absolute atomic E-state index is 0.171. The maximum absolute atomic E-state index is 11.4. The molecule has 0 radical (unpaired) electrons. The quantitative estimate of drug-likeness (QED) is 0.230. The predicted molar refractivity (Wildman–Crippen MR) is 117 cm³/mol. The average molecular weight is 450 g/mol. The molecule has 1 rings (SSSR count). The van der Waals surface area contributed by atoms with Gasteiger partial charge in [-0.3, -0.25) is 4.90 Å². The molecule has 0 amide bonds. The Bertz CT molecular complexity index is 574. The van der Waals surface area contributed by atoms with Crippen molar-refractivity contribution in [2.24, 2.45) is 5.11 Å². The summed E-state index contributed by atoms with van der Waals surface area (Å²) in [6, 6.07) is 0. The summed E-state index contributed by atoms with van der Waals surface area (Å²) in [5.41, 5.74) is 7.83. The standard InChI is InChI=1S/C19H39N5O5S/c1-3-5-23(2)6-10-28-12-14-29-13-11-27-9-4-21-17-19(22-20)18-24-7-15-30(25,26)16-8-24/h17,20-21H,3-16,18H2,1-2H3/b19-17-,22-20?. The Balaban J connectivity index is 1.93. The highest BCUT2D eigenvalue weighted by Crippen LogP contribution is 2.07. The Morgan fingerprint density at radius 2 is 1.67 bits per heavy atom. The van der Waals surface area contributed by atoms with Gasteiger partial charge in [0.25, 0.3) is 0 Å². The van der Waals surface area contributed by atoms with E-state index in [0.717, 1.165) is 26.1 Å². The monoisotopic (exact) mass is 449 g/mol. The SMILES string of the molecule is CCCN(C)CCOCCOCCOCCN/C=C(/CN1CCS(=O)(=O)CC1)N=N. The topological polar surface area (TPSA) is 117 Å². The number of likely N-dealkylation sites (N-methyl/N-ethyl adjacent to an activating group) is 1. The van der Waals surface area contributed by atoms with Gasteiger partial charge in [0.05, 0.1) is 56.8 Å². The Kier molecular flexibility index (Phi) is 14.9. The van der Waals surface area contributed by atoms with Gasteiger partial charge in [-0.25, -0.2) is 13.9 Å². The molecule has 0 spiro atoms. The van der Waals surface area contributed by atoms with Crippen molar-refractivity contribution in [2.45, 2.75) is 13.3 Å². The second-order valence-corrected chi connectivity index (χ2v) is 9.57. The van der Waals surface area contributed by atoms with Gasteiger partial charge in [-0.05, 0) is 20.0 Å². The van der Waals surface area contributed by atoms with E-state index in [2.05, 4.69) is 29.3 Å². The van der Waals surface area contributed by atoms with Crippen molar-refractivity contribution >= 4 is 9.84 Å². The molecule has 0 saturated carbocycles. The fourth-order valence-electron chi connectivity index (χ4n) is 2.83. The molecule has 0 bridgehead atoms. The first kappa shape index (κ1) is 26.9. The first-order chi connectivity index (χ1) is 14.5. The van der Waals surface area contributed by atoms with Crippen molar-refractivity contribution in [2.75, 3.05) is 97.5 Å². The first-order valence-electron chi connectivity index (χ1n) is 10.6. The van der Waals surface area contributed by atoms with Crippen LogP contribution in [0.4, 0.5) is 0 Å². The van der Waals surface area contributed by atoms with Crippen LogP contribution in [0.1, 0.15) is 13.3 Å². The van der Waals surface area contributed by atoms with Crippen LogP contribution in [-0.2, 0) is 24.0 Å². The molecule has 10 nitrogen and oxygen atoms in total. The summed E-state index contributed by atoms with van der Waals surface area (Å²) in [5.74, 6) is 0.341. The third-order valence-corrected chi connectivity index (χ3v) is 6.20. The van der Waals surface area contributed by atoms with E-state index in [1.54, 1.807) is 6.20 Å². The maximum Gasteiger partial charge on any atom is 0.152 e. The van der Waals surface area contributed by atoms with Crippen molar-refractivity contribution in [3.05, 3.63) is 11.9 Å². The van der Waals surface area contributed by atoms with E-state index in [1.807, 2.05) is 4.90 Å². The van der Waals surface area contributed by atoms with Crippen LogP contribution in [0.5, 0.6) is 0 Å². The second kappa shape index (κ2) is 16.6. The zero-order valence-electron chi connectivity index (χ0n) is 18.5. The fraction of sp³-hybridized carbons (Fsp3) is 0.895. The van der Waals surface area contributed by atoms with E-state index >= 15 is 0 Å². The summed E-state index contributed by atoms with van der Waals surface area (Å²) in [6.45, 7) is 9.67. The average Bonchev–Trinajstić information content (AvgIpc) is 2.72. The van der Waals surface area contributed by atoms with Gasteiger partial charge in [-0.15, -0.1) is 0 Å². The van der Waals surface area contributed by atoms with Gasteiger partial charge in [0.2, 0.25) is 0 Å². The van der Waals surface area contributed by atoms with Crippen molar-refractivity contribution < 1.29 is 22.6 Å². The highest BCUT2D eigenvalue weighted by atomic mass is 32.2. The Morgan fingerprint density at radius 1 is 1.07 bits per heavy atom. The van der Waals surface area contributed by atoms with Crippen LogP contribution < -0.4 is 5.32 Å². The molecule has 2 N–H and O–H groups in total. The number of ether oxygens (including phenoxy) is 3. The molecule has 1 aliphatic heterocycles. The molecule has 11 heteroatoms. The summed E-state index contributed by atoms with van der Waals surface area (Å²) in [5, 5.41) is 6.58. The number of rotatable bonds is 18. The van der Waals surface area contributed by atoms with Crippen molar-refractivity contribution in [3.8, 4) is 0 Å². The molecule has 0 aromatic heterocycles. The summed E-state index contributed by atoms with van der Waals surface area (Å²) in [6.07, 6.45) is 2.84. The lowest BCUT2D eigenvalue weighted by molar-refractivity contribution is 0.0124. The summed E-state index contributed by atoms with van der Waals surface area (Å²) >= 11 is 0. The lowest BCUT2D eigenvalue weighted by atomic mass is 10.4. The molecular weight excluding hydrogens is 410 g/mol. The van der Waals surface area contributed by atoms with Gasteiger partial charge in [0.15, 0.2) is 9.84 Å². The minimum atomic E-state index is -2.89. The van der Waals surface area contributed by atoms with E-state index in [4.69, 9.17) is 19.7 Å². The molecule has 0 aromatic carbocycles. The molecule has 1 saturated heterocycles. The van der Waals surface area contributed by atoms with E-state index < -0.39 is 9.84 Å². The van der Waals surface area contributed by atoms with Gasteiger partial charge in [-0.1, -0.05) is 6.92 Å². The third-order valence-electron chi connectivity index (χ3n) is 4.59. The van der Waals surface area contributed by atoms with Crippen LogP contribution in [0, 0.1) is 5.53 Å². The zero-order chi connectivity index (χ0) is 22.1. The van der Waals surface area contributed by atoms with Crippen LogP contribution in [0.3, 0.4) is 0 Å². The highest BCUT2D eigenvalue weighted by Gasteiger charge is 2.21. The van der Waals surface area contributed by atoms with E-state index in [1.165, 1.54) is 0 Å². The number of sulfone groups is 1. The number of nitrogens with zero attached hydrogens (tertiary/aromatic N) is 3. The molecule has 176 valence electrons. The lowest BCUT2D eigenvalue weighted by Crippen LogP contribution is -2.41. The van der Waals surface area contributed by atoms with Crippen molar-refractivity contribution in [1.29, 1.82) is 5.53 Å². The fourth-order valence-corrected chi connectivity index (χ4v) is 4.10. The van der Waals surface area contributed by atoms with Gasteiger partial charge in [0, 0.05) is 38.9 Å². The molecule has 1 fully saturated rings. The number of hydrogen-bond acceptors (Lipinski definition) is 10. The van der Waals surface area contributed by atoms with Crippen LogP contribution >= 0.6 is 0 Å². The van der Waals surface area contributed by atoms with Crippen molar-refractivity contribution in [1.82, 2.24) is 15.1 Å². The molecule has 1 aliphatic rings. The van der Waals surface area contributed by atoms with Gasteiger partial charge in [0.1, 0.15) is 0 Å². The number of nitrogens with one attached hydrogen (secondary N) is 2. The number of hydrogen-bond donors (Lipinski definition) is 2. The van der Waals surface area contributed by atoms with Gasteiger partial charge < -0.3 is 24.4 Å². The molecule has 0 unspecified atom stereocenters. The summed E-state index contributed by atoms with van der Waals surface area (Å²) < 4.78 is 39.4. The Labute approximate surface area is 181 Å². The first-order valence-corrected chi connectivity index (χ1v) is 12.4. The van der Waals surface area contributed by atoms with E-state index in [9.17, 15) is 8.42 Å².